The summed E-state index contributed by atoms with van der Waals surface area (Å²) in [6, 6.07) is 9.32. The molecule has 0 atom stereocenters. The lowest BCUT2D eigenvalue weighted by Crippen LogP contribution is -2.14. The average Bonchev–Trinajstić information content (AvgIpc) is 2.73. The predicted octanol–water partition coefficient (Wildman–Crippen LogP) is 2.65. The molecule has 3 rings (SSSR count). The molecule has 8 nitrogen and oxygen atoms in total. The topological polar surface area (TPSA) is 113 Å². The first kappa shape index (κ1) is 21.7. The van der Waals surface area contributed by atoms with Crippen molar-refractivity contribution in [2.75, 3.05) is 32.6 Å². The lowest BCUT2D eigenvalue weighted by molar-refractivity contribution is -0.109. The Morgan fingerprint density at radius 1 is 1.17 bits per heavy atom. The molecule has 0 spiro atoms. The number of hydrogen-bond acceptors (Lipinski definition) is 7. The first-order valence-electron chi connectivity index (χ1n) is 8.62. The van der Waals surface area contributed by atoms with E-state index in [0.29, 0.717) is 41.0 Å². The van der Waals surface area contributed by atoms with E-state index in [4.69, 9.17) is 14.6 Å². The van der Waals surface area contributed by atoms with Gasteiger partial charge in [-0.1, -0.05) is 0 Å². The zero-order valence-electron chi connectivity index (χ0n) is 16.0. The van der Waals surface area contributed by atoms with Crippen molar-refractivity contribution >= 4 is 23.0 Å². The van der Waals surface area contributed by atoms with Gasteiger partial charge in [0.05, 0.1) is 19.2 Å². The smallest absolute Gasteiger partial charge is 0.207 e. The van der Waals surface area contributed by atoms with Crippen molar-refractivity contribution < 1.29 is 28.9 Å². The Balaban J connectivity index is 0.000000438. The number of rotatable bonds is 7. The zero-order valence-corrected chi connectivity index (χ0v) is 16.0. The Morgan fingerprint density at radius 2 is 1.97 bits per heavy atom. The zero-order chi connectivity index (χ0) is 21.2. The summed E-state index contributed by atoms with van der Waals surface area (Å²) in [7, 11) is 3.17. The standard InChI is InChI=1S/C17H15FN2O3.C3H7NO2/c1-19-10-3-4-16(12(18)7-10)23-15-5-6-20-13-9-14(21)17(22-2)8-11(13)15;5-2-1-4-3-6/h3-9,19,21H,1-2H3;3,5H,1-2H2,(H,4,6). The largest absolute Gasteiger partial charge is 0.504 e. The van der Waals surface area contributed by atoms with Crippen LogP contribution in [0.4, 0.5) is 10.1 Å². The Morgan fingerprint density at radius 3 is 2.55 bits per heavy atom. The molecule has 0 aliphatic heterocycles. The number of nitrogens with zero attached hydrogens (tertiary/aromatic N) is 1. The van der Waals surface area contributed by atoms with Gasteiger partial charge in [0.1, 0.15) is 5.75 Å². The lowest BCUT2D eigenvalue weighted by atomic mass is 10.2. The van der Waals surface area contributed by atoms with E-state index in [1.54, 1.807) is 31.3 Å². The summed E-state index contributed by atoms with van der Waals surface area (Å²) in [5.41, 5.74) is 1.18. The number of aromatic hydroxyl groups is 1. The molecule has 29 heavy (non-hydrogen) atoms. The Kier molecular flexibility index (Phi) is 7.99. The molecule has 1 amide bonds. The van der Waals surface area contributed by atoms with Crippen LogP contribution < -0.4 is 20.1 Å². The van der Waals surface area contributed by atoms with Crippen molar-refractivity contribution in [3.05, 3.63) is 48.4 Å². The van der Waals surface area contributed by atoms with Gasteiger partial charge >= 0.3 is 0 Å². The highest BCUT2D eigenvalue weighted by atomic mass is 19.1. The van der Waals surface area contributed by atoms with Crippen LogP contribution >= 0.6 is 0 Å². The SMILES string of the molecule is CNc1ccc(Oc2ccnc3cc(O)c(OC)cc23)c(F)c1.O=CNCCO. The normalized spacial score (nSPS) is 9.93. The van der Waals surface area contributed by atoms with E-state index in [0.717, 1.165) is 0 Å². The number of carbonyl (C=O) groups excluding carboxylic acids is 1. The highest BCUT2D eigenvalue weighted by molar-refractivity contribution is 5.88. The molecule has 154 valence electrons. The van der Waals surface area contributed by atoms with Crippen LogP contribution in [-0.4, -0.2) is 48.9 Å². The number of aliphatic hydroxyl groups is 1. The van der Waals surface area contributed by atoms with Gasteiger partial charge in [-0.2, -0.15) is 0 Å². The quantitative estimate of drug-likeness (QED) is 0.354. The summed E-state index contributed by atoms with van der Waals surface area (Å²) in [4.78, 5) is 13.5. The molecule has 0 aliphatic rings. The van der Waals surface area contributed by atoms with Gasteiger partial charge in [-0.05, 0) is 24.3 Å². The van der Waals surface area contributed by atoms with Gasteiger partial charge in [-0.15, -0.1) is 0 Å². The maximum Gasteiger partial charge on any atom is 0.207 e. The summed E-state index contributed by atoms with van der Waals surface area (Å²) in [6.07, 6.45) is 2.08. The lowest BCUT2D eigenvalue weighted by Gasteiger charge is -2.12. The van der Waals surface area contributed by atoms with Gasteiger partial charge in [0.25, 0.3) is 0 Å². The highest BCUT2D eigenvalue weighted by Gasteiger charge is 2.12. The summed E-state index contributed by atoms with van der Waals surface area (Å²) < 4.78 is 24.9. The number of fused-ring (bicyclic) bond motifs is 1. The third-order valence-electron chi connectivity index (χ3n) is 3.78. The van der Waals surface area contributed by atoms with Crippen molar-refractivity contribution in [1.82, 2.24) is 10.3 Å². The van der Waals surface area contributed by atoms with Crippen LogP contribution in [0, 0.1) is 5.82 Å². The van der Waals surface area contributed by atoms with E-state index < -0.39 is 5.82 Å². The van der Waals surface area contributed by atoms with Crippen molar-refractivity contribution in [2.45, 2.75) is 0 Å². The molecular weight excluding hydrogens is 381 g/mol. The maximum absolute atomic E-state index is 14.1. The number of aromatic nitrogens is 1. The van der Waals surface area contributed by atoms with Crippen LogP contribution in [-0.2, 0) is 4.79 Å². The molecule has 9 heteroatoms. The first-order valence-corrected chi connectivity index (χ1v) is 8.62. The van der Waals surface area contributed by atoms with Gasteiger partial charge in [0, 0.05) is 43.0 Å². The fourth-order valence-corrected chi connectivity index (χ4v) is 2.37. The van der Waals surface area contributed by atoms with Crippen molar-refractivity contribution in [1.29, 1.82) is 0 Å². The Bertz CT molecular complexity index is 968. The van der Waals surface area contributed by atoms with E-state index >= 15 is 0 Å². The predicted molar refractivity (Wildman–Crippen MR) is 107 cm³/mol. The second-order valence-electron chi connectivity index (χ2n) is 5.64. The Hall–Kier alpha value is -3.59. The second-order valence-corrected chi connectivity index (χ2v) is 5.64. The second kappa shape index (κ2) is 10.7. The number of phenols is 1. The minimum atomic E-state index is -0.479. The molecule has 0 aliphatic carbocycles. The third-order valence-corrected chi connectivity index (χ3v) is 3.78. The van der Waals surface area contributed by atoms with E-state index in [1.807, 2.05) is 0 Å². The van der Waals surface area contributed by atoms with E-state index in [1.165, 1.54) is 25.4 Å². The van der Waals surface area contributed by atoms with Gasteiger partial charge < -0.3 is 30.3 Å². The minimum Gasteiger partial charge on any atom is -0.504 e. The molecule has 0 bridgehead atoms. The fourth-order valence-electron chi connectivity index (χ4n) is 2.37. The summed E-state index contributed by atoms with van der Waals surface area (Å²) in [5, 5.41) is 23.5. The number of carbonyl (C=O) groups is 1. The summed E-state index contributed by atoms with van der Waals surface area (Å²) >= 11 is 0. The number of phenolic OH excluding ortho intramolecular Hbond substituents is 1. The highest BCUT2D eigenvalue weighted by Crippen LogP contribution is 2.37. The average molecular weight is 403 g/mol. The molecule has 2 aromatic carbocycles. The van der Waals surface area contributed by atoms with Crippen LogP contribution in [0.1, 0.15) is 0 Å². The third kappa shape index (κ3) is 5.69. The molecular formula is C20H22FN3O5. The first-order chi connectivity index (χ1) is 14.0. The van der Waals surface area contributed by atoms with Crippen LogP contribution in [0.5, 0.6) is 23.0 Å². The van der Waals surface area contributed by atoms with Gasteiger partial charge in [0.15, 0.2) is 23.1 Å². The van der Waals surface area contributed by atoms with Gasteiger partial charge in [0.2, 0.25) is 6.41 Å². The number of amides is 1. The molecule has 0 saturated heterocycles. The number of anilines is 1. The molecule has 0 radical (unpaired) electrons. The molecule has 3 aromatic rings. The van der Waals surface area contributed by atoms with Crippen molar-refractivity contribution in [3.63, 3.8) is 0 Å². The summed E-state index contributed by atoms with van der Waals surface area (Å²) in [5.74, 6) is 0.316. The Labute approximate surface area is 166 Å². The number of hydrogen-bond donors (Lipinski definition) is 4. The van der Waals surface area contributed by atoms with E-state index in [9.17, 15) is 14.3 Å². The fraction of sp³-hybridized carbons (Fsp3) is 0.200. The monoisotopic (exact) mass is 403 g/mol. The number of benzene rings is 2. The van der Waals surface area contributed by atoms with Crippen LogP contribution in [0.15, 0.2) is 42.6 Å². The molecule has 0 fully saturated rings. The van der Waals surface area contributed by atoms with Crippen molar-refractivity contribution in [3.8, 4) is 23.0 Å². The number of ether oxygens (including phenoxy) is 2. The molecule has 4 N–H and O–H groups in total. The number of nitrogens with one attached hydrogen (secondary N) is 2. The summed E-state index contributed by atoms with van der Waals surface area (Å²) in [6.45, 7) is 0.363. The minimum absolute atomic E-state index is 0.0126. The molecule has 1 heterocycles. The number of halogens is 1. The number of methoxy groups -OCH3 is 1. The molecule has 0 unspecified atom stereocenters. The van der Waals surface area contributed by atoms with Crippen molar-refractivity contribution in [2.24, 2.45) is 0 Å². The number of pyridine rings is 1. The molecule has 1 aromatic heterocycles. The van der Waals surface area contributed by atoms with Crippen LogP contribution in [0.25, 0.3) is 10.9 Å². The number of aliphatic hydroxyl groups excluding tert-OH is 1. The maximum atomic E-state index is 14.1. The van der Waals surface area contributed by atoms with E-state index in [2.05, 4.69) is 15.6 Å². The van der Waals surface area contributed by atoms with Crippen LogP contribution in [0.2, 0.25) is 0 Å². The van der Waals surface area contributed by atoms with E-state index in [-0.39, 0.29) is 18.1 Å². The van der Waals surface area contributed by atoms with Gasteiger partial charge in [-0.25, -0.2) is 4.39 Å². The van der Waals surface area contributed by atoms with Crippen LogP contribution in [0.3, 0.4) is 0 Å². The van der Waals surface area contributed by atoms with Gasteiger partial charge in [-0.3, -0.25) is 9.78 Å². The molecule has 0 saturated carbocycles.